The van der Waals surface area contributed by atoms with Gasteiger partial charge in [-0.3, -0.25) is 0 Å². The lowest BCUT2D eigenvalue weighted by Crippen LogP contribution is -2.14. The minimum Gasteiger partial charge on any atom is -0.397 e. The predicted octanol–water partition coefficient (Wildman–Crippen LogP) is 2.33. The maximum absolute atomic E-state index is 5.91. The van der Waals surface area contributed by atoms with E-state index in [1.54, 1.807) is 0 Å². The number of unbranched alkanes of at least 4 members (excludes halogenated alkanes) is 1. The van der Waals surface area contributed by atoms with Crippen LogP contribution < -0.4 is 11.1 Å². The third-order valence-electron chi connectivity index (χ3n) is 2.64. The number of rotatable bonds is 6. The summed E-state index contributed by atoms with van der Waals surface area (Å²) in [6.45, 7) is 4.21. The molecule has 0 fully saturated rings. The van der Waals surface area contributed by atoms with Crippen molar-refractivity contribution >= 4 is 11.4 Å². The second-order valence-corrected chi connectivity index (χ2v) is 4.48. The zero-order valence-corrected chi connectivity index (χ0v) is 10.6. The van der Waals surface area contributed by atoms with Gasteiger partial charge in [0.25, 0.3) is 0 Å². The number of anilines is 2. The fourth-order valence-electron chi connectivity index (χ4n) is 1.70. The quantitative estimate of drug-likeness (QED) is 0.572. The van der Waals surface area contributed by atoms with Gasteiger partial charge in [0, 0.05) is 6.54 Å². The first-order valence-corrected chi connectivity index (χ1v) is 5.85. The van der Waals surface area contributed by atoms with Crippen LogP contribution in [0.3, 0.4) is 0 Å². The Kier molecular flexibility index (Phi) is 5.12. The second kappa shape index (κ2) is 6.38. The summed E-state index contributed by atoms with van der Waals surface area (Å²) in [6, 6.07) is 6.01. The zero-order valence-electron chi connectivity index (χ0n) is 10.6. The molecule has 0 unspecified atom stereocenters. The van der Waals surface area contributed by atoms with Crippen molar-refractivity contribution in [2.45, 2.75) is 19.8 Å². The highest BCUT2D eigenvalue weighted by atomic mass is 15.0. The Morgan fingerprint density at radius 3 is 2.62 bits per heavy atom. The van der Waals surface area contributed by atoms with Gasteiger partial charge in [-0.1, -0.05) is 12.1 Å². The van der Waals surface area contributed by atoms with Crippen molar-refractivity contribution in [3.63, 3.8) is 0 Å². The molecule has 0 heterocycles. The number of nitrogen functional groups attached to an aromatic ring is 1. The number of nitrogens with one attached hydrogen (secondary N) is 1. The highest BCUT2D eigenvalue weighted by Crippen LogP contribution is 2.22. The Morgan fingerprint density at radius 2 is 2.00 bits per heavy atom. The Labute approximate surface area is 98.6 Å². The molecule has 1 aromatic carbocycles. The summed E-state index contributed by atoms with van der Waals surface area (Å²) in [7, 11) is 4.21. The van der Waals surface area contributed by atoms with Gasteiger partial charge in [-0.2, -0.15) is 0 Å². The molecular weight excluding hydrogens is 198 g/mol. The molecule has 0 atom stereocenters. The lowest BCUT2D eigenvalue weighted by atomic mass is 10.1. The zero-order chi connectivity index (χ0) is 12.0. The maximum Gasteiger partial charge on any atom is 0.0603 e. The highest BCUT2D eigenvalue weighted by Gasteiger charge is 2.00. The van der Waals surface area contributed by atoms with E-state index in [1.165, 1.54) is 18.4 Å². The topological polar surface area (TPSA) is 41.3 Å². The van der Waals surface area contributed by atoms with Gasteiger partial charge >= 0.3 is 0 Å². The van der Waals surface area contributed by atoms with Crippen molar-refractivity contribution in [3.8, 4) is 0 Å². The van der Waals surface area contributed by atoms with E-state index in [2.05, 4.69) is 37.3 Å². The Hall–Kier alpha value is -1.22. The summed E-state index contributed by atoms with van der Waals surface area (Å²) in [4.78, 5) is 2.21. The van der Waals surface area contributed by atoms with Crippen molar-refractivity contribution in [3.05, 3.63) is 23.8 Å². The smallest absolute Gasteiger partial charge is 0.0603 e. The number of nitrogens with two attached hydrogens (primary N) is 1. The van der Waals surface area contributed by atoms with Gasteiger partial charge in [-0.05, 0) is 52.0 Å². The number of hydrogen-bond donors (Lipinski definition) is 2. The molecule has 0 saturated heterocycles. The Morgan fingerprint density at radius 1 is 1.25 bits per heavy atom. The van der Waals surface area contributed by atoms with E-state index in [4.69, 9.17) is 5.73 Å². The average molecular weight is 221 g/mol. The average Bonchev–Trinajstić information content (AvgIpc) is 2.21. The van der Waals surface area contributed by atoms with Crippen molar-refractivity contribution < 1.29 is 0 Å². The number of aryl methyl sites for hydroxylation is 1. The van der Waals surface area contributed by atoms with E-state index in [0.717, 1.165) is 24.5 Å². The molecule has 0 aliphatic carbocycles. The molecule has 1 rings (SSSR count). The normalized spacial score (nSPS) is 10.8. The molecule has 0 aliphatic rings. The summed E-state index contributed by atoms with van der Waals surface area (Å²) >= 11 is 0. The van der Waals surface area contributed by atoms with Crippen LogP contribution in [0.25, 0.3) is 0 Å². The van der Waals surface area contributed by atoms with Crippen LogP contribution in [-0.2, 0) is 0 Å². The highest BCUT2D eigenvalue weighted by molar-refractivity contribution is 5.69. The number of hydrogen-bond acceptors (Lipinski definition) is 3. The minimum absolute atomic E-state index is 0.840. The van der Waals surface area contributed by atoms with Crippen LogP contribution >= 0.6 is 0 Å². The van der Waals surface area contributed by atoms with Crippen LogP contribution in [0.1, 0.15) is 18.4 Å². The van der Waals surface area contributed by atoms with E-state index < -0.39 is 0 Å². The van der Waals surface area contributed by atoms with Gasteiger partial charge in [0.05, 0.1) is 11.4 Å². The van der Waals surface area contributed by atoms with Crippen LogP contribution in [0.2, 0.25) is 0 Å². The van der Waals surface area contributed by atoms with Gasteiger partial charge in [0.15, 0.2) is 0 Å². The number of nitrogens with zero attached hydrogens (tertiary/aromatic N) is 1. The molecule has 1 aromatic rings. The summed E-state index contributed by atoms with van der Waals surface area (Å²) in [6.07, 6.45) is 2.39. The molecule has 0 radical (unpaired) electrons. The fourth-order valence-corrected chi connectivity index (χ4v) is 1.70. The first-order valence-electron chi connectivity index (χ1n) is 5.85. The van der Waals surface area contributed by atoms with Crippen molar-refractivity contribution in [1.82, 2.24) is 4.90 Å². The van der Waals surface area contributed by atoms with E-state index in [1.807, 2.05) is 12.1 Å². The molecule has 0 aliphatic heterocycles. The molecule has 0 bridgehead atoms. The van der Waals surface area contributed by atoms with E-state index in [-0.39, 0.29) is 0 Å². The van der Waals surface area contributed by atoms with E-state index >= 15 is 0 Å². The first-order chi connectivity index (χ1) is 7.61. The van der Waals surface area contributed by atoms with Crippen molar-refractivity contribution in [2.24, 2.45) is 0 Å². The molecule has 16 heavy (non-hydrogen) atoms. The van der Waals surface area contributed by atoms with Crippen LogP contribution in [0.4, 0.5) is 11.4 Å². The van der Waals surface area contributed by atoms with Crippen molar-refractivity contribution in [1.29, 1.82) is 0 Å². The SMILES string of the molecule is Cc1cccc(N)c1NCCCCN(C)C. The summed E-state index contributed by atoms with van der Waals surface area (Å²) < 4.78 is 0. The fraction of sp³-hybridized carbons (Fsp3) is 0.538. The third-order valence-corrected chi connectivity index (χ3v) is 2.64. The second-order valence-electron chi connectivity index (χ2n) is 4.48. The molecule has 3 N–H and O–H groups in total. The maximum atomic E-state index is 5.91. The van der Waals surface area contributed by atoms with Crippen LogP contribution in [0.15, 0.2) is 18.2 Å². The molecule has 0 spiro atoms. The Balaban J connectivity index is 2.32. The largest absolute Gasteiger partial charge is 0.397 e. The van der Waals surface area contributed by atoms with Gasteiger partial charge in [0.1, 0.15) is 0 Å². The minimum atomic E-state index is 0.840. The standard InChI is InChI=1S/C13H23N3/c1-11-7-6-8-12(14)13(11)15-9-4-5-10-16(2)3/h6-8,15H,4-5,9-10,14H2,1-3H3. The summed E-state index contributed by atoms with van der Waals surface area (Å²) in [5.41, 5.74) is 9.06. The lowest BCUT2D eigenvalue weighted by molar-refractivity contribution is 0.396. The first kappa shape index (κ1) is 12.8. The van der Waals surface area contributed by atoms with E-state index in [0.29, 0.717) is 0 Å². The van der Waals surface area contributed by atoms with Gasteiger partial charge in [0.2, 0.25) is 0 Å². The van der Waals surface area contributed by atoms with Gasteiger partial charge in [-0.15, -0.1) is 0 Å². The number of para-hydroxylation sites is 1. The monoisotopic (exact) mass is 221 g/mol. The number of benzene rings is 1. The van der Waals surface area contributed by atoms with Gasteiger partial charge in [-0.25, -0.2) is 0 Å². The van der Waals surface area contributed by atoms with Crippen molar-refractivity contribution in [2.75, 3.05) is 38.2 Å². The lowest BCUT2D eigenvalue weighted by Gasteiger charge is -2.13. The van der Waals surface area contributed by atoms with Gasteiger partial charge < -0.3 is 16.0 Å². The molecule has 0 aromatic heterocycles. The van der Waals surface area contributed by atoms with E-state index in [9.17, 15) is 0 Å². The predicted molar refractivity (Wildman–Crippen MR) is 71.9 cm³/mol. The summed E-state index contributed by atoms with van der Waals surface area (Å²) in [5.74, 6) is 0. The molecule has 0 amide bonds. The third kappa shape index (κ3) is 4.11. The van der Waals surface area contributed by atoms with Crippen LogP contribution in [0.5, 0.6) is 0 Å². The molecule has 3 heteroatoms. The van der Waals surface area contributed by atoms with Crippen LogP contribution in [0, 0.1) is 6.92 Å². The molecular formula is C13H23N3. The summed E-state index contributed by atoms with van der Waals surface area (Å²) in [5, 5.41) is 3.41. The Bertz CT molecular complexity index is 301. The molecule has 90 valence electrons. The molecule has 0 saturated carbocycles. The van der Waals surface area contributed by atoms with Crippen LogP contribution in [-0.4, -0.2) is 32.1 Å². The molecule has 3 nitrogen and oxygen atoms in total.